The molecule has 4 rings (SSSR count). The van der Waals surface area contributed by atoms with E-state index in [1.165, 1.54) is 11.8 Å². The third kappa shape index (κ3) is 4.23. The molecule has 0 aliphatic carbocycles. The number of methoxy groups -OCH3 is 1. The fourth-order valence-electron chi connectivity index (χ4n) is 2.73. The van der Waals surface area contributed by atoms with Crippen LogP contribution in [0, 0.1) is 0 Å². The third-order valence-electron chi connectivity index (χ3n) is 4.28. The Morgan fingerprint density at radius 3 is 2.89 bits per heavy atom. The maximum absolute atomic E-state index is 12.7. The summed E-state index contributed by atoms with van der Waals surface area (Å²) in [5.41, 5.74) is 1.53. The van der Waals surface area contributed by atoms with Crippen molar-refractivity contribution in [2.45, 2.75) is 11.0 Å². The molecule has 5 nitrogen and oxygen atoms in total. The van der Waals surface area contributed by atoms with E-state index in [4.69, 9.17) is 14.2 Å². The van der Waals surface area contributed by atoms with Crippen molar-refractivity contribution in [3.05, 3.63) is 60.3 Å². The van der Waals surface area contributed by atoms with Gasteiger partial charge < -0.3 is 14.2 Å². The predicted molar refractivity (Wildman–Crippen MR) is 105 cm³/mol. The molecule has 1 saturated heterocycles. The molecule has 27 heavy (non-hydrogen) atoms. The molecule has 0 amide bonds. The van der Waals surface area contributed by atoms with Crippen LogP contribution < -0.4 is 9.47 Å². The van der Waals surface area contributed by atoms with Crippen molar-refractivity contribution in [3.8, 4) is 11.5 Å². The number of benzene rings is 2. The SMILES string of the molecule is COc1cc(C(=O)CSc2ccnc3ccccc23)ccc1OCC1CO1. The largest absolute Gasteiger partial charge is 0.493 e. The first-order chi connectivity index (χ1) is 13.2. The lowest BCUT2D eigenvalue weighted by molar-refractivity contribution is 0.102. The molecule has 1 aliphatic rings. The molecule has 1 fully saturated rings. The smallest absolute Gasteiger partial charge is 0.173 e. The minimum atomic E-state index is 0.0382. The van der Waals surface area contributed by atoms with Crippen LogP contribution >= 0.6 is 11.8 Å². The number of ketones is 1. The van der Waals surface area contributed by atoms with E-state index < -0.39 is 0 Å². The lowest BCUT2D eigenvalue weighted by Gasteiger charge is -2.11. The molecule has 0 radical (unpaired) electrons. The highest BCUT2D eigenvalue weighted by Crippen LogP contribution is 2.31. The van der Waals surface area contributed by atoms with Crippen LogP contribution in [0.3, 0.4) is 0 Å². The number of pyridine rings is 1. The first kappa shape index (κ1) is 17.8. The van der Waals surface area contributed by atoms with Gasteiger partial charge in [-0.15, -0.1) is 11.8 Å². The van der Waals surface area contributed by atoms with E-state index in [9.17, 15) is 4.79 Å². The Balaban J connectivity index is 1.45. The fraction of sp³-hybridized carbons (Fsp3) is 0.238. The zero-order valence-electron chi connectivity index (χ0n) is 14.9. The molecule has 0 saturated carbocycles. The summed E-state index contributed by atoms with van der Waals surface area (Å²) in [4.78, 5) is 18.1. The monoisotopic (exact) mass is 381 g/mol. The zero-order chi connectivity index (χ0) is 18.6. The summed E-state index contributed by atoms with van der Waals surface area (Å²) >= 11 is 1.51. The van der Waals surface area contributed by atoms with Crippen LogP contribution in [0.25, 0.3) is 10.9 Å². The second-order valence-electron chi connectivity index (χ2n) is 6.17. The number of carbonyl (C=O) groups excluding carboxylic acids is 1. The highest BCUT2D eigenvalue weighted by molar-refractivity contribution is 8.00. The summed E-state index contributed by atoms with van der Waals surface area (Å²) < 4.78 is 16.2. The molecule has 0 bridgehead atoms. The van der Waals surface area contributed by atoms with Crippen molar-refractivity contribution in [2.75, 3.05) is 26.1 Å². The third-order valence-corrected chi connectivity index (χ3v) is 5.35. The molecular formula is C21H19NO4S. The van der Waals surface area contributed by atoms with Crippen LogP contribution in [0.2, 0.25) is 0 Å². The standard InChI is InChI=1S/C21H19NO4S/c1-24-20-10-14(6-7-19(20)26-12-15-11-25-15)18(23)13-27-21-8-9-22-17-5-3-2-4-16(17)21/h2-10,15H,11-13H2,1H3. The number of hydrogen-bond acceptors (Lipinski definition) is 6. The minimum absolute atomic E-state index is 0.0382. The molecule has 6 heteroatoms. The van der Waals surface area contributed by atoms with Gasteiger partial charge in [-0.3, -0.25) is 9.78 Å². The summed E-state index contributed by atoms with van der Waals surface area (Å²) in [7, 11) is 1.57. The molecule has 2 heterocycles. The van der Waals surface area contributed by atoms with Crippen molar-refractivity contribution in [3.63, 3.8) is 0 Å². The maximum atomic E-state index is 12.7. The van der Waals surface area contributed by atoms with E-state index in [1.54, 1.807) is 31.5 Å². The Labute approximate surface area is 161 Å². The van der Waals surface area contributed by atoms with Crippen LogP contribution in [-0.2, 0) is 4.74 Å². The zero-order valence-corrected chi connectivity index (χ0v) is 15.7. The first-order valence-corrected chi connectivity index (χ1v) is 9.65. The Morgan fingerprint density at radius 2 is 2.07 bits per heavy atom. The first-order valence-electron chi connectivity index (χ1n) is 8.67. The molecule has 0 N–H and O–H groups in total. The van der Waals surface area contributed by atoms with E-state index >= 15 is 0 Å². The average molecular weight is 381 g/mol. The number of rotatable bonds is 8. The number of aromatic nitrogens is 1. The van der Waals surface area contributed by atoms with Gasteiger partial charge in [0.05, 0.1) is 25.0 Å². The number of hydrogen-bond donors (Lipinski definition) is 0. The maximum Gasteiger partial charge on any atom is 0.173 e. The van der Waals surface area contributed by atoms with Gasteiger partial charge in [0.15, 0.2) is 17.3 Å². The summed E-state index contributed by atoms with van der Waals surface area (Å²) in [6, 6.07) is 15.2. The molecule has 1 atom stereocenters. The highest BCUT2D eigenvalue weighted by Gasteiger charge is 2.24. The predicted octanol–water partition coefficient (Wildman–Crippen LogP) is 4.00. The van der Waals surface area contributed by atoms with E-state index in [0.29, 0.717) is 29.4 Å². The van der Waals surface area contributed by atoms with E-state index in [0.717, 1.165) is 22.4 Å². The summed E-state index contributed by atoms with van der Waals surface area (Å²) in [6.45, 7) is 1.23. The van der Waals surface area contributed by atoms with E-state index in [2.05, 4.69) is 4.98 Å². The number of nitrogens with zero attached hydrogens (tertiary/aromatic N) is 1. The number of fused-ring (bicyclic) bond motifs is 1. The molecule has 2 aromatic carbocycles. The molecule has 1 unspecified atom stereocenters. The Morgan fingerprint density at radius 1 is 1.22 bits per heavy atom. The Bertz CT molecular complexity index is 966. The fourth-order valence-corrected chi connectivity index (χ4v) is 3.67. The number of carbonyl (C=O) groups is 1. The summed E-state index contributed by atoms with van der Waals surface area (Å²) in [6.07, 6.45) is 1.94. The molecular weight excluding hydrogens is 362 g/mol. The Kier molecular flexibility index (Phi) is 5.27. The number of Topliss-reactive ketones (excluding diaryl/α,β-unsaturated/α-hetero) is 1. The van der Waals surface area contributed by atoms with Crippen molar-refractivity contribution in [1.29, 1.82) is 0 Å². The van der Waals surface area contributed by atoms with Gasteiger partial charge in [-0.2, -0.15) is 0 Å². The van der Waals surface area contributed by atoms with E-state index in [1.807, 2.05) is 30.3 Å². The molecule has 1 aliphatic heterocycles. The average Bonchev–Trinajstić information content (AvgIpc) is 3.54. The number of ether oxygens (including phenoxy) is 3. The Hall–Kier alpha value is -2.57. The highest BCUT2D eigenvalue weighted by atomic mass is 32.2. The molecule has 1 aromatic heterocycles. The second-order valence-corrected chi connectivity index (χ2v) is 7.19. The van der Waals surface area contributed by atoms with Gasteiger partial charge in [0.1, 0.15) is 12.7 Å². The quantitative estimate of drug-likeness (QED) is 0.334. The van der Waals surface area contributed by atoms with Crippen LogP contribution in [0.15, 0.2) is 59.6 Å². The van der Waals surface area contributed by atoms with Gasteiger partial charge >= 0.3 is 0 Å². The van der Waals surface area contributed by atoms with Gasteiger partial charge in [0, 0.05) is 22.0 Å². The van der Waals surface area contributed by atoms with Gasteiger partial charge in [-0.1, -0.05) is 18.2 Å². The second kappa shape index (κ2) is 7.98. The normalized spacial score (nSPS) is 15.5. The summed E-state index contributed by atoms with van der Waals surface area (Å²) in [5, 5.41) is 1.06. The number of epoxide rings is 1. The topological polar surface area (TPSA) is 61.0 Å². The molecule has 0 spiro atoms. The van der Waals surface area contributed by atoms with Gasteiger partial charge in [-0.25, -0.2) is 0 Å². The summed E-state index contributed by atoms with van der Waals surface area (Å²) in [5.74, 6) is 1.56. The van der Waals surface area contributed by atoms with Gasteiger partial charge in [-0.05, 0) is 30.3 Å². The molecule has 3 aromatic rings. The van der Waals surface area contributed by atoms with Crippen LogP contribution in [0.5, 0.6) is 11.5 Å². The van der Waals surface area contributed by atoms with E-state index in [-0.39, 0.29) is 11.9 Å². The lowest BCUT2D eigenvalue weighted by Crippen LogP contribution is -2.07. The van der Waals surface area contributed by atoms with Crippen molar-refractivity contribution in [2.24, 2.45) is 0 Å². The van der Waals surface area contributed by atoms with Crippen molar-refractivity contribution >= 4 is 28.4 Å². The minimum Gasteiger partial charge on any atom is -0.493 e. The molecule has 138 valence electrons. The van der Waals surface area contributed by atoms with Gasteiger partial charge in [0.25, 0.3) is 0 Å². The van der Waals surface area contributed by atoms with Crippen LogP contribution in [0.4, 0.5) is 0 Å². The number of para-hydroxylation sites is 1. The lowest BCUT2D eigenvalue weighted by atomic mass is 10.1. The van der Waals surface area contributed by atoms with Crippen molar-refractivity contribution in [1.82, 2.24) is 4.98 Å². The van der Waals surface area contributed by atoms with Crippen LogP contribution in [0.1, 0.15) is 10.4 Å². The number of thioether (sulfide) groups is 1. The van der Waals surface area contributed by atoms with Crippen LogP contribution in [-0.4, -0.2) is 42.9 Å². The van der Waals surface area contributed by atoms with Gasteiger partial charge in [0.2, 0.25) is 0 Å². The van der Waals surface area contributed by atoms with Crippen molar-refractivity contribution < 1.29 is 19.0 Å².